The molecule has 2 rings (SSSR count). The van der Waals surface area contributed by atoms with Crippen LogP contribution in [-0.2, 0) is 0 Å². The summed E-state index contributed by atoms with van der Waals surface area (Å²) < 4.78 is 0.802. The van der Waals surface area contributed by atoms with Crippen molar-refractivity contribution in [1.82, 2.24) is 15.0 Å². The molecule has 0 aromatic carbocycles. The molecule has 2 heterocycles. The quantitative estimate of drug-likeness (QED) is 0.925. The topological polar surface area (TPSA) is 67.8 Å². The third-order valence-corrected chi connectivity index (χ3v) is 2.46. The van der Waals surface area contributed by atoms with Gasteiger partial charge in [0.05, 0.1) is 12.4 Å². The van der Waals surface area contributed by atoms with E-state index in [1.807, 2.05) is 0 Å². The van der Waals surface area contributed by atoms with E-state index in [0.717, 1.165) is 4.47 Å². The second-order valence-corrected chi connectivity index (χ2v) is 4.35. The molecular formula is C10H6BrClN4O. The van der Waals surface area contributed by atoms with Gasteiger partial charge in [-0.3, -0.25) is 9.78 Å². The van der Waals surface area contributed by atoms with Crippen LogP contribution in [0.1, 0.15) is 10.5 Å². The Labute approximate surface area is 110 Å². The number of amides is 1. The lowest BCUT2D eigenvalue weighted by atomic mass is 10.3. The van der Waals surface area contributed by atoms with Gasteiger partial charge in [0.15, 0.2) is 5.82 Å². The first-order valence-electron chi connectivity index (χ1n) is 4.55. The van der Waals surface area contributed by atoms with E-state index in [4.69, 9.17) is 11.6 Å². The van der Waals surface area contributed by atoms with Gasteiger partial charge in [-0.15, -0.1) is 0 Å². The molecule has 86 valence electrons. The standard InChI is InChI=1S/C10H6BrClN4O/c11-6-1-2-7(14-3-6)10(17)16-9-5-13-4-8(12)15-9/h1-5H,(H,15,16,17). The third kappa shape index (κ3) is 3.21. The fourth-order valence-corrected chi connectivity index (χ4v) is 1.47. The van der Waals surface area contributed by atoms with Crippen molar-refractivity contribution in [3.8, 4) is 0 Å². The van der Waals surface area contributed by atoms with Crippen LogP contribution in [0.4, 0.5) is 5.82 Å². The summed E-state index contributed by atoms with van der Waals surface area (Å²) >= 11 is 8.89. The molecule has 0 unspecified atom stereocenters. The zero-order chi connectivity index (χ0) is 12.3. The molecule has 0 saturated heterocycles. The van der Waals surface area contributed by atoms with Gasteiger partial charge in [-0.05, 0) is 28.1 Å². The number of nitrogens with one attached hydrogen (secondary N) is 1. The number of nitrogens with zero attached hydrogens (tertiary/aromatic N) is 3. The smallest absolute Gasteiger partial charge is 0.275 e. The molecule has 0 aliphatic rings. The van der Waals surface area contributed by atoms with Gasteiger partial charge in [-0.25, -0.2) is 9.97 Å². The van der Waals surface area contributed by atoms with Crippen LogP contribution in [0.5, 0.6) is 0 Å². The molecule has 0 atom stereocenters. The van der Waals surface area contributed by atoms with Gasteiger partial charge in [-0.1, -0.05) is 11.6 Å². The van der Waals surface area contributed by atoms with Crippen LogP contribution in [0, 0.1) is 0 Å². The monoisotopic (exact) mass is 312 g/mol. The van der Waals surface area contributed by atoms with Crippen molar-refractivity contribution in [1.29, 1.82) is 0 Å². The van der Waals surface area contributed by atoms with Gasteiger partial charge >= 0.3 is 0 Å². The van der Waals surface area contributed by atoms with Crippen molar-refractivity contribution in [3.63, 3.8) is 0 Å². The summed E-state index contributed by atoms with van der Waals surface area (Å²) in [5, 5.41) is 2.76. The molecule has 0 saturated carbocycles. The number of carbonyl (C=O) groups excluding carboxylic acids is 1. The Morgan fingerprint density at radius 1 is 1.29 bits per heavy atom. The van der Waals surface area contributed by atoms with E-state index in [9.17, 15) is 4.79 Å². The van der Waals surface area contributed by atoms with Crippen LogP contribution in [0.15, 0.2) is 35.2 Å². The summed E-state index contributed by atoms with van der Waals surface area (Å²) in [6.45, 7) is 0. The highest BCUT2D eigenvalue weighted by atomic mass is 79.9. The highest BCUT2D eigenvalue weighted by Crippen LogP contribution is 2.10. The van der Waals surface area contributed by atoms with Crippen molar-refractivity contribution in [2.75, 3.05) is 5.32 Å². The van der Waals surface area contributed by atoms with Gasteiger partial charge in [0.2, 0.25) is 0 Å². The maximum absolute atomic E-state index is 11.7. The van der Waals surface area contributed by atoms with Gasteiger partial charge in [0.1, 0.15) is 10.8 Å². The number of carbonyl (C=O) groups is 1. The maximum Gasteiger partial charge on any atom is 0.275 e. The molecule has 7 heteroatoms. The molecule has 17 heavy (non-hydrogen) atoms. The lowest BCUT2D eigenvalue weighted by Gasteiger charge is -2.03. The van der Waals surface area contributed by atoms with E-state index in [2.05, 4.69) is 36.2 Å². The molecule has 5 nitrogen and oxygen atoms in total. The van der Waals surface area contributed by atoms with Crippen LogP contribution in [0.3, 0.4) is 0 Å². The van der Waals surface area contributed by atoms with Crippen molar-refractivity contribution in [2.45, 2.75) is 0 Å². The van der Waals surface area contributed by atoms with Crippen LogP contribution in [-0.4, -0.2) is 20.9 Å². The first-order valence-corrected chi connectivity index (χ1v) is 5.73. The van der Waals surface area contributed by atoms with E-state index in [1.165, 1.54) is 12.4 Å². The lowest BCUT2D eigenvalue weighted by molar-refractivity contribution is 0.102. The minimum absolute atomic E-state index is 0.214. The van der Waals surface area contributed by atoms with E-state index >= 15 is 0 Å². The SMILES string of the molecule is O=C(Nc1cncc(Cl)n1)c1ccc(Br)cn1. The Bertz CT molecular complexity index is 546. The molecule has 2 aromatic rings. The zero-order valence-corrected chi connectivity index (χ0v) is 10.7. The van der Waals surface area contributed by atoms with Gasteiger partial charge in [0.25, 0.3) is 5.91 Å². The second-order valence-electron chi connectivity index (χ2n) is 3.04. The van der Waals surface area contributed by atoms with E-state index in [0.29, 0.717) is 0 Å². The van der Waals surface area contributed by atoms with Crippen molar-refractivity contribution >= 4 is 39.3 Å². The molecule has 2 aromatic heterocycles. The predicted molar refractivity (Wildman–Crippen MR) is 66.9 cm³/mol. The fraction of sp³-hybridized carbons (Fsp3) is 0. The van der Waals surface area contributed by atoms with Crippen molar-refractivity contribution < 1.29 is 4.79 Å². The molecule has 1 amide bonds. The summed E-state index contributed by atoms with van der Waals surface area (Å²) in [6, 6.07) is 3.32. The van der Waals surface area contributed by atoms with Crippen molar-refractivity contribution in [3.05, 3.63) is 46.0 Å². The van der Waals surface area contributed by atoms with E-state index < -0.39 is 0 Å². The summed E-state index contributed by atoms with van der Waals surface area (Å²) in [4.78, 5) is 23.4. The first kappa shape index (κ1) is 11.9. The van der Waals surface area contributed by atoms with Crippen LogP contribution < -0.4 is 5.32 Å². The zero-order valence-electron chi connectivity index (χ0n) is 8.39. The number of hydrogen-bond acceptors (Lipinski definition) is 4. The van der Waals surface area contributed by atoms with Gasteiger partial charge in [0, 0.05) is 10.7 Å². The highest BCUT2D eigenvalue weighted by molar-refractivity contribution is 9.10. The molecule has 0 bridgehead atoms. The van der Waals surface area contributed by atoms with E-state index in [-0.39, 0.29) is 22.6 Å². The minimum Gasteiger partial charge on any atom is -0.304 e. The lowest BCUT2D eigenvalue weighted by Crippen LogP contribution is -2.14. The summed E-state index contributed by atoms with van der Waals surface area (Å²) in [7, 11) is 0. The minimum atomic E-state index is -0.367. The maximum atomic E-state index is 11.7. The van der Waals surface area contributed by atoms with Crippen LogP contribution in [0.25, 0.3) is 0 Å². The van der Waals surface area contributed by atoms with E-state index in [1.54, 1.807) is 18.3 Å². The molecule has 0 aliphatic carbocycles. The van der Waals surface area contributed by atoms with Gasteiger partial charge in [-0.2, -0.15) is 0 Å². The number of halogens is 2. The number of rotatable bonds is 2. The van der Waals surface area contributed by atoms with Crippen LogP contribution in [0.2, 0.25) is 5.15 Å². The molecule has 0 aliphatic heterocycles. The first-order chi connectivity index (χ1) is 8.15. The number of hydrogen-bond donors (Lipinski definition) is 1. The Morgan fingerprint density at radius 2 is 2.12 bits per heavy atom. The Balaban J connectivity index is 2.14. The Morgan fingerprint density at radius 3 is 2.76 bits per heavy atom. The number of anilines is 1. The highest BCUT2D eigenvalue weighted by Gasteiger charge is 2.08. The summed E-state index contributed by atoms with van der Waals surface area (Å²) in [5.74, 6) is -0.0821. The molecule has 0 fully saturated rings. The predicted octanol–water partition coefficient (Wildman–Crippen LogP) is 2.54. The molecule has 0 radical (unpaired) electrons. The molecule has 0 spiro atoms. The normalized spacial score (nSPS) is 10.0. The van der Waals surface area contributed by atoms with Gasteiger partial charge < -0.3 is 5.32 Å². The Kier molecular flexibility index (Phi) is 3.65. The number of aromatic nitrogens is 3. The summed E-state index contributed by atoms with van der Waals surface area (Å²) in [5.41, 5.74) is 0.287. The third-order valence-electron chi connectivity index (χ3n) is 1.81. The Hall–Kier alpha value is -1.53. The second kappa shape index (κ2) is 5.20. The fourth-order valence-electron chi connectivity index (χ4n) is 1.09. The average molecular weight is 314 g/mol. The van der Waals surface area contributed by atoms with Crippen molar-refractivity contribution in [2.24, 2.45) is 0 Å². The molecular weight excluding hydrogens is 307 g/mol. The van der Waals surface area contributed by atoms with Crippen LogP contribution >= 0.6 is 27.5 Å². The average Bonchev–Trinajstić information content (AvgIpc) is 2.29. The molecule has 1 N–H and O–H groups in total. The largest absolute Gasteiger partial charge is 0.304 e. The number of pyridine rings is 1. The summed E-state index contributed by atoms with van der Waals surface area (Å²) in [6.07, 6.45) is 4.33.